The van der Waals surface area contributed by atoms with Gasteiger partial charge in [0, 0.05) is 24.0 Å². The van der Waals surface area contributed by atoms with Gasteiger partial charge in [-0.15, -0.1) is 0 Å². The molecule has 1 saturated carbocycles. The molecular weight excluding hydrogens is 260 g/mol. The van der Waals surface area contributed by atoms with E-state index in [1.54, 1.807) is 6.92 Å². The molecule has 1 aliphatic carbocycles. The average Bonchev–Trinajstić information content (AvgIpc) is 3.06. The fourth-order valence-corrected chi connectivity index (χ4v) is 3.40. The smallest absolute Gasteiger partial charge is 0.217 e. The Balaban J connectivity index is 1.99. The van der Waals surface area contributed by atoms with Crippen LogP contribution in [0, 0.1) is 6.92 Å². The quantitative estimate of drug-likeness (QED) is 0.843. The SMILES string of the molecule is CC(=O)NC(C)(C)C[C@H](C)NC1(c2cccc(C)c2)CC1. The van der Waals surface area contributed by atoms with E-state index in [9.17, 15) is 4.79 Å². The van der Waals surface area contributed by atoms with Crippen LogP contribution in [0.1, 0.15) is 58.1 Å². The molecule has 1 aliphatic rings. The van der Waals surface area contributed by atoms with Crippen molar-refractivity contribution >= 4 is 5.91 Å². The van der Waals surface area contributed by atoms with Gasteiger partial charge in [-0.05, 0) is 52.5 Å². The van der Waals surface area contributed by atoms with Crippen LogP contribution in [0.4, 0.5) is 0 Å². The first-order valence-electron chi connectivity index (χ1n) is 7.86. The monoisotopic (exact) mass is 288 g/mol. The lowest BCUT2D eigenvalue weighted by atomic mass is 9.94. The van der Waals surface area contributed by atoms with Gasteiger partial charge in [-0.2, -0.15) is 0 Å². The molecule has 0 unspecified atom stereocenters. The molecule has 1 fully saturated rings. The molecule has 0 radical (unpaired) electrons. The molecule has 1 atom stereocenters. The standard InChI is InChI=1S/C18H28N2O/c1-13-7-6-8-16(11-13)18(9-10-18)19-14(2)12-17(4,5)20-15(3)21/h6-8,11,14,19H,9-10,12H2,1-5H3,(H,20,21)/t14-/m0/s1. The number of hydrogen-bond donors (Lipinski definition) is 2. The summed E-state index contributed by atoms with van der Waals surface area (Å²) in [6.07, 6.45) is 3.31. The molecule has 0 spiro atoms. The zero-order valence-electron chi connectivity index (χ0n) is 13.9. The zero-order valence-corrected chi connectivity index (χ0v) is 13.9. The number of aryl methyl sites for hydroxylation is 1. The van der Waals surface area contributed by atoms with Crippen LogP contribution >= 0.6 is 0 Å². The highest BCUT2D eigenvalue weighted by atomic mass is 16.1. The Bertz CT molecular complexity index is 518. The molecule has 116 valence electrons. The van der Waals surface area contributed by atoms with Gasteiger partial charge in [-0.3, -0.25) is 4.79 Å². The molecule has 2 rings (SSSR count). The van der Waals surface area contributed by atoms with Gasteiger partial charge in [0.05, 0.1) is 0 Å². The predicted molar refractivity (Wildman–Crippen MR) is 87.2 cm³/mol. The third-order valence-electron chi connectivity index (χ3n) is 4.17. The second kappa shape index (κ2) is 5.80. The maximum Gasteiger partial charge on any atom is 0.217 e. The third-order valence-corrected chi connectivity index (χ3v) is 4.17. The molecule has 0 aromatic heterocycles. The van der Waals surface area contributed by atoms with E-state index in [-0.39, 0.29) is 17.0 Å². The van der Waals surface area contributed by atoms with Gasteiger partial charge in [0.2, 0.25) is 5.91 Å². The molecule has 0 aliphatic heterocycles. The second-order valence-electron chi connectivity index (χ2n) is 7.27. The molecule has 2 N–H and O–H groups in total. The normalized spacial score (nSPS) is 18.1. The van der Waals surface area contributed by atoms with Crippen LogP contribution in [0.15, 0.2) is 24.3 Å². The first-order chi connectivity index (χ1) is 9.72. The third kappa shape index (κ3) is 4.31. The van der Waals surface area contributed by atoms with Crippen LogP contribution < -0.4 is 10.6 Å². The summed E-state index contributed by atoms with van der Waals surface area (Å²) in [4.78, 5) is 11.3. The molecule has 1 aromatic rings. The minimum atomic E-state index is -0.180. The van der Waals surface area contributed by atoms with Crippen molar-refractivity contribution in [2.45, 2.75) is 71.0 Å². The van der Waals surface area contributed by atoms with E-state index in [4.69, 9.17) is 0 Å². The number of carbonyl (C=O) groups excluding carboxylic acids is 1. The van der Waals surface area contributed by atoms with E-state index in [0.717, 1.165) is 6.42 Å². The molecule has 3 nitrogen and oxygen atoms in total. The minimum Gasteiger partial charge on any atom is -0.351 e. The molecule has 0 bridgehead atoms. The van der Waals surface area contributed by atoms with Crippen molar-refractivity contribution in [2.24, 2.45) is 0 Å². The van der Waals surface area contributed by atoms with E-state index < -0.39 is 0 Å². The van der Waals surface area contributed by atoms with Crippen molar-refractivity contribution in [3.8, 4) is 0 Å². The van der Waals surface area contributed by atoms with E-state index in [0.29, 0.717) is 6.04 Å². The molecule has 0 saturated heterocycles. The van der Waals surface area contributed by atoms with Crippen molar-refractivity contribution in [1.29, 1.82) is 0 Å². The summed E-state index contributed by atoms with van der Waals surface area (Å²) in [5.41, 5.74) is 2.68. The van der Waals surface area contributed by atoms with Crippen LogP contribution in [-0.2, 0) is 10.3 Å². The minimum absolute atomic E-state index is 0.0343. The largest absolute Gasteiger partial charge is 0.351 e. The maximum absolute atomic E-state index is 11.3. The molecule has 0 heterocycles. The Morgan fingerprint density at radius 1 is 1.38 bits per heavy atom. The Kier molecular flexibility index (Phi) is 4.43. The molecule has 1 amide bonds. The van der Waals surface area contributed by atoms with Crippen molar-refractivity contribution in [1.82, 2.24) is 10.6 Å². The lowest BCUT2D eigenvalue weighted by Crippen LogP contribution is -2.48. The summed E-state index contributed by atoms with van der Waals surface area (Å²) in [6.45, 7) is 10.1. The second-order valence-corrected chi connectivity index (χ2v) is 7.27. The summed E-state index contributed by atoms with van der Waals surface area (Å²) in [7, 11) is 0. The number of benzene rings is 1. The summed E-state index contributed by atoms with van der Waals surface area (Å²) < 4.78 is 0. The number of amides is 1. The first-order valence-corrected chi connectivity index (χ1v) is 7.86. The van der Waals surface area contributed by atoms with Gasteiger partial charge in [-0.1, -0.05) is 29.8 Å². The van der Waals surface area contributed by atoms with Gasteiger partial charge < -0.3 is 10.6 Å². The topological polar surface area (TPSA) is 41.1 Å². The van der Waals surface area contributed by atoms with Gasteiger partial charge in [-0.25, -0.2) is 0 Å². The van der Waals surface area contributed by atoms with E-state index in [1.807, 2.05) is 0 Å². The zero-order chi connectivity index (χ0) is 15.7. The van der Waals surface area contributed by atoms with Crippen LogP contribution in [0.2, 0.25) is 0 Å². The highest BCUT2D eigenvalue weighted by Crippen LogP contribution is 2.46. The summed E-state index contributed by atoms with van der Waals surface area (Å²) in [6, 6.07) is 9.14. The van der Waals surface area contributed by atoms with Gasteiger partial charge in [0.1, 0.15) is 0 Å². The number of carbonyl (C=O) groups is 1. The fourth-order valence-electron chi connectivity index (χ4n) is 3.40. The fraction of sp³-hybridized carbons (Fsp3) is 0.611. The van der Waals surface area contributed by atoms with Crippen LogP contribution in [0.3, 0.4) is 0 Å². The predicted octanol–water partition coefficient (Wildman–Crippen LogP) is 3.27. The summed E-state index contributed by atoms with van der Waals surface area (Å²) in [5.74, 6) is 0.0343. The van der Waals surface area contributed by atoms with Crippen molar-refractivity contribution in [3.63, 3.8) is 0 Å². The molecule has 1 aromatic carbocycles. The summed E-state index contributed by atoms with van der Waals surface area (Å²) in [5, 5.41) is 6.82. The van der Waals surface area contributed by atoms with E-state index >= 15 is 0 Å². The van der Waals surface area contributed by atoms with Crippen molar-refractivity contribution < 1.29 is 4.79 Å². The Hall–Kier alpha value is -1.35. The maximum atomic E-state index is 11.3. The highest BCUT2D eigenvalue weighted by Gasteiger charge is 2.45. The lowest BCUT2D eigenvalue weighted by Gasteiger charge is -2.32. The average molecular weight is 288 g/mol. The van der Waals surface area contributed by atoms with Crippen LogP contribution in [-0.4, -0.2) is 17.5 Å². The molecular formula is C18H28N2O. The molecule has 3 heteroatoms. The van der Waals surface area contributed by atoms with Crippen molar-refractivity contribution in [2.75, 3.05) is 0 Å². The van der Waals surface area contributed by atoms with Crippen LogP contribution in [0.25, 0.3) is 0 Å². The lowest BCUT2D eigenvalue weighted by molar-refractivity contribution is -0.120. The van der Waals surface area contributed by atoms with Gasteiger partial charge >= 0.3 is 0 Å². The summed E-state index contributed by atoms with van der Waals surface area (Å²) >= 11 is 0. The van der Waals surface area contributed by atoms with Gasteiger partial charge in [0.25, 0.3) is 0 Å². The van der Waals surface area contributed by atoms with Gasteiger partial charge in [0.15, 0.2) is 0 Å². The Morgan fingerprint density at radius 2 is 2.05 bits per heavy atom. The first kappa shape index (κ1) is 16.0. The Morgan fingerprint density at radius 3 is 2.57 bits per heavy atom. The highest BCUT2D eigenvalue weighted by molar-refractivity contribution is 5.73. The Labute approximate surface area is 128 Å². The van der Waals surface area contributed by atoms with E-state index in [2.05, 4.69) is 62.6 Å². The van der Waals surface area contributed by atoms with Crippen LogP contribution in [0.5, 0.6) is 0 Å². The number of rotatable bonds is 6. The van der Waals surface area contributed by atoms with E-state index in [1.165, 1.54) is 24.0 Å². The van der Waals surface area contributed by atoms with Crippen molar-refractivity contribution in [3.05, 3.63) is 35.4 Å². The molecule has 21 heavy (non-hydrogen) atoms. The number of hydrogen-bond acceptors (Lipinski definition) is 2. The number of nitrogens with one attached hydrogen (secondary N) is 2.